The van der Waals surface area contributed by atoms with Crippen molar-refractivity contribution in [1.29, 1.82) is 0 Å². The lowest BCUT2D eigenvalue weighted by Gasteiger charge is -2.51. The molecule has 4 amide bonds. The number of hydrogen-bond donors (Lipinski definition) is 3. The summed E-state index contributed by atoms with van der Waals surface area (Å²) in [5.41, 5.74) is 4.15. The van der Waals surface area contributed by atoms with Crippen LogP contribution in [0.1, 0.15) is 65.4 Å². The van der Waals surface area contributed by atoms with E-state index >= 15 is 0 Å². The number of hydrogen-bond acceptors (Lipinski definition) is 5. The van der Waals surface area contributed by atoms with E-state index in [4.69, 9.17) is 17.3 Å². The van der Waals surface area contributed by atoms with E-state index in [1.54, 1.807) is 21.9 Å². The molecular weight excluding hydrogens is 508 g/mol. The SMILES string of the molecule is CC(C)[C@@H](NC(=O)C[C@H]1CCN(C(=O)CCC(N)=O)C1)C(=O)N1CC[C@](O)(c2ccc(Cl)cc2)C(C)(C)C1. The summed E-state index contributed by atoms with van der Waals surface area (Å²) >= 11 is 6.03. The second-order valence-corrected chi connectivity index (χ2v) is 12.2. The van der Waals surface area contributed by atoms with E-state index in [0.717, 1.165) is 5.56 Å². The summed E-state index contributed by atoms with van der Waals surface area (Å²) in [5.74, 6) is -1.14. The van der Waals surface area contributed by atoms with Crippen molar-refractivity contribution >= 4 is 35.2 Å². The second kappa shape index (κ2) is 12.0. The smallest absolute Gasteiger partial charge is 0.245 e. The van der Waals surface area contributed by atoms with Crippen LogP contribution < -0.4 is 11.1 Å². The number of nitrogens with zero attached hydrogens (tertiary/aromatic N) is 2. The topological polar surface area (TPSA) is 133 Å². The number of carbonyl (C=O) groups excluding carboxylic acids is 4. The lowest BCUT2D eigenvalue weighted by Crippen LogP contribution is -2.60. The van der Waals surface area contributed by atoms with Crippen molar-refractivity contribution in [3.63, 3.8) is 0 Å². The van der Waals surface area contributed by atoms with Gasteiger partial charge < -0.3 is 26.0 Å². The third-order valence-electron chi connectivity index (χ3n) is 8.03. The first-order valence-corrected chi connectivity index (χ1v) is 13.7. The maximum Gasteiger partial charge on any atom is 0.245 e. The number of benzene rings is 1. The number of likely N-dealkylation sites (tertiary alicyclic amines) is 2. The summed E-state index contributed by atoms with van der Waals surface area (Å²) in [6.07, 6.45) is 1.38. The molecule has 38 heavy (non-hydrogen) atoms. The van der Waals surface area contributed by atoms with Crippen LogP contribution in [-0.4, -0.2) is 70.8 Å². The second-order valence-electron chi connectivity index (χ2n) is 11.7. The molecule has 2 saturated heterocycles. The highest BCUT2D eigenvalue weighted by Gasteiger charge is 2.50. The van der Waals surface area contributed by atoms with Crippen LogP contribution in [0, 0.1) is 17.3 Å². The molecule has 0 saturated carbocycles. The molecule has 0 spiro atoms. The Hall–Kier alpha value is -2.65. The summed E-state index contributed by atoms with van der Waals surface area (Å²) in [6.45, 7) is 9.39. The van der Waals surface area contributed by atoms with Crippen molar-refractivity contribution in [3.8, 4) is 0 Å². The highest BCUT2D eigenvalue weighted by atomic mass is 35.5. The van der Waals surface area contributed by atoms with Gasteiger partial charge >= 0.3 is 0 Å². The van der Waals surface area contributed by atoms with Gasteiger partial charge in [-0.05, 0) is 42.4 Å². The molecule has 2 aliphatic rings. The predicted molar refractivity (Wildman–Crippen MR) is 145 cm³/mol. The van der Waals surface area contributed by atoms with Crippen molar-refractivity contribution in [1.82, 2.24) is 15.1 Å². The Kier molecular flexibility index (Phi) is 9.47. The summed E-state index contributed by atoms with van der Waals surface area (Å²) in [5, 5.41) is 15.2. The number of rotatable bonds is 9. The van der Waals surface area contributed by atoms with Gasteiger partial charge in [0, 0.05) is 55.9 Å². The van der Waals surface area contributed by atoms with Crippen molar-refractivity contribution in [2.45, 2.75) is 71.4 Å². The third kappa shape index (κ3) is 6.86. The fourth-order valence-corrected chi connectivity index (χ4v) is 5.72. The molecule has 9 nitrogen and oxygen atoms in total. The van der Waals surface area contributed by atoms with E-state index in [2.05, 4.69) is 5.32 Å². The first kappa shape index (κ1) is 29.9. The molecule has 0 bridgehead atoms. The molecule has 2 aliphatic heterocycles. The van der Waals surface area contributed by atoms with E-state index in [-0.39, 0.29) is 48.8 Å². The van der Waals surface area contributed by atoms with Crippen molar-refractivity contribution < 1.29 is 24.3 Å². The van der Waals surface area contributed by atoms with Gasteiger partial charge in [0.15, 0.2) is 0 Å². The minimum atomic E-state index is -1.12. The molecule has 10 heteroatoms. The zero-order valence-electron chi connectivity index (χ0n) is 22.8. The highest BCUT2D eigenvalue weighted by molar-refractivity contribution is 6.30. The predicted octanol–water partition coefficient (Wildman–Crippen LogP) is 2.43. The fraction of sp³-hybridized carbons (Fsp3) is 0.643. The van der Waals surface area contributed by atoms with E-state index < -0.39 is 23.0 Å². The molecule has 0 aliphatic carbocycles. The van der Waals surface area contributed by atoms with E-state index in [0.29, 0.717) is 44.0 Å². The van der Waals surface area contributed by atoms with E-state index in [1.807, 2.05) is 39.8 Å². The highest BCUT2D eigenvalue weighted by Crippen LogP contribution is 2.46. The maximum atomic E-state index is 13.6. The monoisotopic (exact) mass is 548 g/mol. The van der Waals surface area contributed by atoms with Crippen LogP contribution in [-0.2, 0) is 24.8 Å². The van der Waals surface area contributed by atoms with Gasteiger partial charge in [-0.25, -0.2) is 0 Å². The quantitative estimate of drug-likeness (QED) is 0.436. The van der Waals surface area contributed by atoms with Gasteiger partial charge in [0.25, 0.3) is 0 Å². The van der Waals surface area contributed by atoms with Crippen molar-refractivity contribution in [2.24, 2.45) is 23.0 Å². The third-order valence-corrected chi connectivity index (χ3v) is 8.28. The first-order valence-electron chi connectivity index (χ1n) is 13.4. The zero-order valence-corrected chi connectivity index (χ0v) is 23.6. The molecule has 4 N–H and O–H groups in total. The Labute approximate surface area is 230 Å². The molecule has 0 unspecified atom stereocenters. The molecule has 0 radical (unpaired) electrons. The summed E-state index contributed by atoms with van der Waals surface area (Å²) in [6, 6.07) is 6.48. The molecular formula is C28H41ClN4O5. The molecule has 2 fully saturated rings. The van der Waals surface area contributed by atoms with Gasteiger partial charge in [-0.15, -0.1) is 0 Å². The molecule has 1 aromatic carbocycles. The minimum Gasteiger partial charge on any atom is -0.384 e. The number of halogens is 1. The molecule has 3 rings (SSSR count). The van der Waals surface area contributed by atoms with Crippen LogP contribution in [0.25, 0.3) is 0 Å². The standard InChI is InChI=1S/C28H41ClN4O5/c1-18(2)25(31-23(35)15-19-11-13-32(16-19)24(36)10-9-22(30)34)26(37)33-14-12-28(38,27(3,4)17-33)20-5-7-21(29)8-6-20/h5-8,18-19,25,38H,9-17H2,1-4H3,(H2,30,34)(H,31,35)/t19-,25-,28+/m1/s1. The van der Waals surface area contributed by atoms with E-state index in [1.165, 1.54) is 0 Å². The Morgan fingerprint density at radius 3 is 2.34 bits per heavy atom. The lowest BCUT2D eigenvalue weighted by molar-refractivity contribution is -0.156. The Morgan fingerprint density at radius 2 is 1.76 bits per heavy atom. The summed E-state index contributed by atoms with van der Waals surface area (Å²) in [4.78, 5) is 53.1. The van der Waals surface area contributed by atoms with Crippen LogP contribution >= 0.6 is 11.6 Å². The Morgan fingerprint density at radius 1 is 1.11 bits per heavy atom. The van der Waals surface area contributed by atoms with Crippen LogP contribution in [0.15, 0.2) is 24.3 Å². The Bertz CT molecular complexity index is 1040. The molecule has 210 valence electrons. The number of nitrogens with two attached hydrogens (primary N) is 1. The molecule has 0 aromatic heterocycles. The van der Waals surface area contributed by atoms with Gasteiger partial charge in [0.1, 0.15) is 6.04 Å². The van der Waals surface area contributed by atoms with Gasteiger partial charge in [-0.2, -0.15) is 0 Å². The number of amides is 4. The number of nitrogens with one attached hydrogen (secondary N) is 1. The van der Waals surface area contributed by atoms with E-state index in [9.17, 15) is 24.3 Å². The summed E-state index contributed by atoms with van der Waals surface area (Å²) in [7, 11) is 0. The van der Waals surface area contributed by atoms with Crippen LogP contribution in [0.4, 0.5) is 0 Å². The first-order chi connectivity index (χ1) is 17.7. The lowest BCUT2D eigenvalue weighted by atomic mass is 9.66. The van der Waals surface area contributed by atoms with Crippen LogP contribution in [0.3, 0.4) is 0 Å². The number of aliphatic hydroxyl groups is 1. The largest absolute Gasteiger partial charge is 0.384 e. The van der Waals surface area contributed by atoms with Crippen molar-refractivity contribution in [3.05, 3.63) is 34.9 Å². The van der Waals surface area contributed by atoms with Crippen LogP contribution in [0.2, 0.25) is 5.02 Å². The molecule has 3 atom stereocenters. The molecule has 2 heterocycles. The van der Waals surface area contributed by atoms with Gasteiger partial charge in [-0.1, -0.05) is 51.4 Å². The Balaban J connectivity index is 1.59. The number of primary amides is 1. The number of carbonyl (C=O) groups is 4. The van der Waals surface area contributed by atoms with Gasteiger partial charge in [-0.3, -0.25) is 19.2 Å². The normalized spacial score (nSPS) is 23.8. The van der Waals surface area contributed by atoms with Gasteiger partial charge in [0.2, 0.25) is 23.6 Å². The zero-order chi connectivity index (χ0) is 28.3. The minimum absolute atomic E-state index is 0.00116. The maximum absolute atomic E-state index is 13.6. The average molecular weight is 549 g/mol. The van der Waals surface area contributed by atoms with Crippen LogP contribution in [0.5, 0.6) is 0 Å². The van der Waals surface area contributed by atoms with Gasteiger partial charge in [0.05, 0.1) is 5.60 Å². The molecule has 1 aromatic rings. The van der Waals surface area contributed by atoms with Crippen molar-refractivity contribution in [2.75, 3.05) is 26.2 Å². The summed E-state index contributed by atoms with van der Waals surface area (Å²) < 4.78 is 0. The average Bonchev–Trinajstić information content (AvgIpc) is 3.30. The number of piperidine rings is 1. The fourth-order valence-electron chi connectivity index (χ4n) is 5.59.